The summed E-state index contributed by atoms with van der Waals surface area (Å²) in [7, 11) is 0. The fourth-order valence-corrected chi connectivity index (χ4v) is 5.08. The van der Waals surface area contributed by atoms with Crippen molar-refractivity contribution in [2.24, 2.45) is 0 Å². The second-order valence-corrected chi connectivity index (χ2v) is 8.67. The first-order chi connectivity index (χ1) is 12.8. The molecule has 0 unspecified atom stereocenters. The minimum absolute atomic E-state index is 0.0896. The highest BCUT2D eigenvalue weighted by atomic mass is 32.2. The zero-order chi connectivity index (χ0) is 17.8. The van der Waals surface area contributed by atoms with E-state index >= 15 is 0 Å². The largest absolute Gasteiger partial charge is 0.493 e. The third-order valence-corrected chi connectivity index (χ3v) is 6.62. The molecule has 0 saturated carbocycles. The van der Waals surface area contributed by atoms with Gasteiger partial charge in [-0.05, 0) is 41.6 Å². The quantitative estimate of drug-likeness (QED) is 0.561. The highest BCUT2D eigenvalue weighted by Crippen LogP contribution is 2.28. The van der Waals surface area contributed by atoms with Crippen molar-refractivity contribution in [3.8, 4) is 16.3 Å². The summed E-state index contributed by atoms with van der Waals surface area (Å²) < 4.78 is 5.85. The standard InChI is InChI=1S/C19H18N2O2S3/c22-18-4-1-13-9-16(2-3-17(13)21-18)23-6-8-25-11-15-12-26-19(20-15)14-5-7-24-10-14/h2-3,5,7,9-10,12H,1,4,6,8,11H2,(H,21,22). The molecule has 3 heterocycles. The van der Waals surface area contributed by atoms with Crippen molar-refractivity contribution in [2.75, 3.05) is 17.7 Å². The van der Waals surface area contributed by atoms with Gasteiger partial charge in [-0.1, -0.05) is 0 Å². The van der Waals surface area contributed by atoms with Crippen LogP contribution in [0.4, 0.5) is 5.69 Å². The van der Waals surface area contributed by atoms with Crippen molar-refractivity contribution in [2.45, 2.75) is 18.6 Å². The molecule has 1 amide bonds. The van der Waals surface area contributed by atoms with Crippen LogP contribution in [-0.4, -0.2) is 23.3 Å². The molecule has 0 saturated heterocycles. The first-order valence-corrected chi connectivity index (χ1v) is 11.4. The van der Waals surface area contributed by atoms with Crippen molar-refractivity contribution in [1.29, 1.82) is 0 Å². The summed E-state index contributed by atoms with van der Waals surface area (Å²) in [6, 6.07) is 7.99. The molecule has 0 radical (unpaired) electrons. The van der Waals surface area contributed by atoms with Crippen molar-refractivity contribution >= 4 is 46.0 Å². The van der Waals surface area contributed by atoms with E-state index < -0.39 is 0 Å². The Hall–Kier alpha value is -1.83. The predicted octanol–water partition coefficient (Wildman–Crippen LogP) is 5.07. The molecule has 1 N–H and O–H groups in total. The summed E-state index contributed by atoms with van der Waals surface area (Å²) in [6.45, 7) is 0.664. The third kappa shape index (κ3) is 4.28. The molecular formula is C19H18N2O2S3. The Labute approximate surface area is 164 Å². The number of amides is 1. The van der Waals surface area contributed by atoms with Gasteiger partial charge in [0, 0.05) is 39.9 Å². The van der Waals surface area contributed by atoms with Crippen LogP contribution in [0.15, 0.2) is 40.4 Å². The topological polar surface area (TPSA) is 51.2 Å². The molecule has 3 aromatic rings. The van der Waals surface area contributed by atoms with Crippen molar-refractivity contribution in [1.82, 2.24) is 4.98 Å². The number of rotatable bonds is 7. The molecule has 1 aromatic carbocycles. The van der Waals surface area contributed by atoms with Crippen LogP contribution >= 0.6 is 34.4 Å². The summed E-state index contributed by atoms with van der Waals surface area (Å²) >= 11 is 5.23. The second kappa shape index (κ2) is 8.24. The molecule has 0 atom stereocenters. The van der Waals surface area contributed by atoms with E-state index in [2.05, 4.69) is 27.5 Å². The molecule has 2 aromatic heterocycles. The van der Waals surface area contributed by atoms with Crippen LogP contribution in [-0.2, 0) is 17.0 Å². The minimum Gasteiger partial charge on any atom is -0.493 e. The summed E-state index contributed by atoms with van der Waals surface area (Å²) in [5, 5.41) is 10.3. The fourth-order valence-electron chi connectivity index (χ4n) is 2.74. The number of aryl methyl sites for hydroxylation is 1. The van der Waals surface area contributed by atoms with Crippen molar-refractivity contribution < 1.29 is 9.53 Å². The monoisotopic (exact) mass is 402 g/mol. The van der Waals surface area contributed by atoms with E-state index in [-0.39, 0.29) is 5.91 Å². The highest BCUT2D eigenvalue weighted by Gasteiger charge is 2.15. The van der Waals surface area contributed by atoms with Gasteiger partial charge in [0.1, 0.15) is 10.8 Å². The average Bonchev–Trinajstić information content (AvgIpc) is 3.33. The first-order valence-electron chi connectivity index (χ1n) is 8.38. The number of benzene rings is 1. The Balaban J connectivity index is 1.22. The molecule has 4 rings (SSSR count). The van der Waals surface area contributed by atoms with Gasteiger partial charge in [-0.25, -0.2) is 4.98 Å². The van der Waals surface area contributed by atoms with E-state index in [1.165, 1.54) is 5.56 Å². The van der Waals surface area contributed by atoms with Gasteiger partial charge >= 0.3 is 0 Å². The van der Waals surface area contributed by atoms with Crippen LogP contribution in [0.3, 0.4) is 0 Å². The number of carbonyl (C=O) groups is 1. The molecule has 134 valence electrons. The Kier molecular flexibility index (Phi) is 5.57. The lowest BCUT2D eigenvalue weighted by atomic mass is 10.0. The number of nitrogens with zero attached hydrogens (tertiary/aromatic N) is 1. The Morgan fingerprint density at radius 1 is 1.23 bits per heavy atom. The summed E-state index contributed by atoms with van der Waals surface area (Å²) in [5.74, 6) is 2.78. The minimum atomic E-state index is 0.0896. The molecule has 1 aliphatic rings. The Morgan fingerprint density at radius 2 is 2.19 bits per heavy atom. The zero-order valence-electron chi connectivity index (χ0n) is 14.1. The number of hydrogen-bond acceptors (Lipinski definition) is 6. The van der Waals surface area contributed by atoms with Gasteiger partial charge < -0.3 is 10.1 Å². The third-order valence-electron chi connectivity index (χ3n) is 4.04. The number of aromatic nitrogens is 1. The van der Waals surface area contributed by atoms with Crippen LogP contribution in [0.5, 0.6) is 5.75 Å². The number of ether oxygens (including phenoxy) is 1. The predicted molar refractivity (Wildman–Crippen MR) is 110 cm³/mol. The van der Waals surface area contributed by atoms with Crippen LogP contribution < -0.4 is 10.1 Å². The lowest BCUT2D eigenvalue weighted by molar-refractivity contribution is -0.116. The van der Waals surface area contributed by atoms with Crippen LogP contribution in [0.2, 0.25) is 0 Å². The molecule has 4 nitrogen and oxygen atoms in total. The maximum absolute atomic E-state index is 11.4. The summed E-state index contributed by atoms with van der Waals surface area (Å²) in [5.41, 5.74) is 4.40. The molecule has 1 aliphatic heterocycles. The van der Waals surface area contributed by atoms with Gasteiger partial charge in [-0.15, -0.1) is 11.3 Å². The summed E-state index contributed by atoms with van der Waals surface area (Å²) in [6.07, 6.45) is 1.33. The van der Waals surface area contributed by atoms with Gasteiger partial charge in [-0.3, -0.25) is 4.79 Å². The van der Waals surface area contributed by atoms with Gasteiger partial charge in [0.15, 0.2) is 0 Å². The number of hydrogen-bond donors (Lipinski definition) is 1. The maximum Gasteiger partial charge on any atom is 0.224 e. The van der Waals surface area contributed by atoms with Crippen LogP contribution in [0.1, 0.15) is 17.7 Å². The maximum atomic E-state index is 11.4. The van der Waals surface area contributed by atoms with E-state index in [1.807, 2.05) is 30.0 Å². The van der Waals surface area contributed by atoms with Gasteiger partial charge in [0.25, 0.3) is 0 Å². The number of carbonyl (C=O) groups excluding carboxylic acids is 1. The Bertz CT molecular complexity index is 890. The molecule has 0 bridgehead atoms. The smallest absolute Gasteiger partial charge is 0.224 e. The summed E-state index contributed by atoms with van der Waals surface area (Å²) in [4.78, 5) is 16.1. The highest BCUT2D eigenvalue weighted by molar-refractivity contribution is 7.98. The van der Waals surface area contributed by atoms with E-state index in [9.17, 15) is 4.79 Å². The van der Waals surface area contributed by atoms with Crippen molar-refractivity contribution in [3.63, 3.8) is 0 Å². The number of thiophene rings is 1. The molecule has 0 spiro atoms. The number of fused-ring (bicyclic) bond motifs is 1. The molecule has 7 heteroatoms. The number of thiazole rings is 1. The average molecular weight is 403 g/mol. The molecule has 26 heavy (non-hydrogen) atoms. The zero-order valence-corrected chi connectivity index (χ0v) is 16.5. The second-order valence-electron chi connectivity index (χ2n) is 5.92. The number of thioether (sulfide) groups is 1. The SMILES string of the molecule is O=C1CCc2cc(OCCSCc3csc(-c4ccsc4)n3)ccc2N1. The van der Waals surface area contributed by atoms with E-state index in [1.54, 1.807) is 22.7 Å². The van der Waals surface area contributed by atoms with Crippen LogP contribution in [0.25, 0.3) is 10.6 Å². The number of anilines is 1. The van der Waals surface area contributed by atoms with Gasteiger partial charge in [0.05, 0.1) is 12.3 Å². The first kappa shape index (κ1) is 17.6. The molecular weight excluding hydrogens is 384 g/mol. The van der Waals surface area contributed by atoms with Crippen LogP contribution in [0, 0.1) is 0 Å². The lowest BCUT2D eigenvalue weighted by Crippen LogP contribution is -2.18. The molecule has 0 aliphatic carbocycles. The van der Waals surface area contributed by atoms with Crippen molar-refractivity contribution in [3.05, 3.63) is 51.7 Å². The van der Waals surface area contributed by atoms with Gasteiger partial charge in [-0.2, -0.15) is 23.1 Å². The van der Waals surface area contributed by atoms with Gasteiger partial charge in [0.2, 0.25) is 5.91 Å². The van der Waals surface area contributed by atoms with E-state index in [0.29, 0.717) is 13.0 Å². The van der Waals surface area contributed by atoms with E-state index in [0.717, 1.165) is 45.6 Å². The lowest BCUT2D eigenvalue weighted by Gasteiger charge is -2.17. The van der Waals surface area contributed by atoms with E-state index in [4.69, 9.17) is 9.72 Å². The fraction of sp³-hybridized carbons (Fsp3) is 0.263. The number of nitrogens with one attached hydrogen (secondary N) is 1. The Morgan fingerprint density at radius 3 is 3.08 bits per heavy atom. The normalized spacial score (nSPS) is 13.3. The molecule has 0 fully saturated rings.